The minimum absolute atomic E-state index is 0.00977. The number of aliphatic carboxylic acids is 1. The van der Waals surface area contributed by atoms with Gasteiger partial charge in [-0.3, -0.25) is 10.1 Å². The Hall–Kier alpha value is -2.18. The van der Waals surface area contributed by atoms with Crippen molar-refractivity contribution in [2.45, 2.75) is 25.3 Å². The Balaban J connectivity index is 2.14. The molecule has 0 aliphatic heterocycles. The summed E-state index contributed by atoms with van der Waals surface area (Å²) in [6.45, 7) is 0. The Bertz CT molecular complexity index is 473. The third-order valence-electron chi connectivity index (χ3n) is 2.86. The molecule has 1 fully saturated rings. The maximum absolute atomic E-state index is 11.1. The van der Waals surface area contributed by atoms with Gasteiger partial charge in [-0.05, 0) is 18.4 Å². The predicted octanol–water partition coefficient (Wildman–Crippen LogP) is 1.65. The molecule has 1 atom stereocenters. The largest absolute Gasteiger partial charge is 0.480 e. The van der Waals surface area contributed by atoms with Crippen molar-refractivity contribution in [3.05, 3.63) is 28.4 Å². The van der Waals surface area contributed by atoms with E-state index in [1.54, 1.807) is 0 Å². The summed E-state index contributed by atoms with van der Waals surface area (Å²) in [5, 5.41) is 22.5. The smallest absolute Gasteiger partial charge is 0.326 e. The van der Waals surface area contributed by atoms with Crippen molar-refractivity contribution in [1.29, 1.82) is 0 Å². The molecule has 0 bridgehead atoms. The molecular formula is C11H13N3O4. The lowest BCUT2D eigenvalue weighted by Crippen LogP contribution is -2.30. The Morgan fingerprint density at radius 2 is 2.39 bits per heavy atom. The molecule has 18 heavy (non-hydrogen) atoms. The van der Waals surface area contributed by atoms with Crippen LogP contribution in [0.15, 0.2) is 18.3 Å². The summed E-state index contributed by atoms with van der Waals surface area (Å²) in [6.07, 6.45) is 3.92. The van der Waals surface area contributed by atoms with Gasteiger partial charge in [-0.15, -0.1) is 0 Å². The molecular weight excluding hydrogens is 238 g/mol. The van der Waals surface area contributed by atoms with Crippen molar-refractivity contribution >= 4 is 17.5 Å². The molecule has 0 aromatic carbocycles. The number of hydrogen-bond acceptors (Lipinski definition) is 5. The molecule has 1 aromatic heterocycles. The first-order valence-electron chi connectivity index (χ1n) is 5.66. The Morgan fingerprint density at radius 3 is 2.94 bits per heavy atom. The van der Waals surface area contributed by atoms with Crippen molar-refractivity contribution in [2.24, 2.45) is 5.92 Å². The lowest BCUT2D eigenvalue weighted by Gasteiger charge is -2.14. The fraction of sp³-hybridized carbons (Fsp3) is 0.455. The van der Waals surface area contributed by atoms with Crippen LogP contribution in [0.3, 0.4) is 0 Å². The zero-order chi connectivity index (χ0) is 13.1. The molecule has 7 nitrogen and oxygen atoms in total. The average molecular weight is 251 g/mol. The van der Waals surface area contributed by atoms with Gasteiger partial charge in [0.25, 0.3) is 0 Å². The van der Waals surface area contributed by atoms with Crippen LogP contribution in [0.5, 0.6) is 0 Å². The summed E-state index contributed by atoms with van der Waals surface area (Å²) in [6, 6.07) is 1.91. The molecule has 0 spiro atoms. The number of carboxylic acid groups (broad SMARTS) is 1. The molecule has 1 saturated carbocycles. The number of anilines is 1. The van der Waals surface area contributed by atoms with E-state index in [1.165, 1.54) is 18.3 Å². The number of nitrogens with zero attached hydrogens (tertiary/aromatic N) is 2. The molecule has 1 heterocycles. The van der Waals surface area contributed by atoms with E-state index in [2.05, 4.69) is 10.3 Å². The number of nitrogens with one attached hydrogen (secondary N) is 1. The van der Waals surface area contributed by atoms with Crippen LogP contribution in [0.1, 0.15) is 19.3 Å². The number of carboxylic acids is 1. The van der Waals surface area contributed by atoms with Crippen molar-refractivity contribution in [3.63, 3.8) is 0 Å². The molecule has 96 valence electrons. The van der Waals surface area contributed by atoms with Crippen molar-refractivity contribution in [1.82, 2.24) is 4.98 Å². The Morgan fingerprint density at radius 1 is 1.67 bits per heavy atom. The van der Waals surface area contributed by atoms with Crippen LogP contribution in [0.25, 0.3) is 0 Å². The molecule has 1 unspecified atom stereocenters. The number of rotatable bonds is 6. The zero-order valence-corrected chi connectivity index (χ0v) is 9.57. The van der Waals surface area contributed by atoms with Gasteiger partial charge in [-0.2, -0.15) is 0 Å². The van der Waals surface area contributed by atoms with Crippen molar-refractivity contribution < 1.29 is 14.8 Å². The van der Waals surface area contributed by atoms with Gasteiger partial charge in [0.2, 0.25) is 5.82 Å². The number of nitro groups is 1. The fourth-order valence-electron chi connectivity index (χ4n) is 1.73. The topological polar surface area (TPSA) is 105 Å². The van der Waals surface area contributed by atoms with Crippen LogP contribution in [0, 0.1) is 16.0 Å². The number of hydrogen-bond donors (Lipinski definition) is 2. The van der Waals surface area contributed by atoms with E-state index in [0.717, 1.165) is 12.8 Å². The number of carbonyl (C=O) groups is 1. The Kier molecular flexibility index (Phi) is 3.40. The highest BCUT2D eigenvalue weighted by Crippen LogP contribution is 2.34. The van der Waals surface area contributed by atoms with Gasteiger partial charge < -0.3 is 10.4 Å². The van der Waals surface area contributed by atoms with E-state index >= 15 is 0 Å². The lowest BCUT2D eigenvalue weighted by molar-refractivity contribution is -0.384. The van der Waals surface area contributed by atoms with Crippen LogP contribution in [0.2, 0.25) is 0 Å². The lowest BCUT2D eigenvalue weighted by atomic mass is 10.1. The second-order valence-corrected chi connectivity index (χ2v) is 4.34. The summed E-state index contributed by atoms with van der Waals surface area (Å²) < 4.78 is 0. The van der Waals surface area contributed by atoms with Gasteiger partial charge in [0.05, 0.1) is 4.92 Å². The van der Waals surface area contributed by atoms with Crippen molar-refractivity contribution in [2.75, 3.05) is 5.32 Å². The van der Waals surface area contributed by atoms with E-state index < -0.39 is 16.9 Å². The van der Waals surface area contributed by atoms with Crippen LogP contribution in [-0.4, -0.2) is 27.0 Å². The molecule has 7 heteroatoms. The molecule has 0 saturated heterocycles. The molecule has 0 radical (unpaired) electrons. The summed E-state index contributed by atoms with van der Waals surface area (Å²) in [7, 11) is 0. The van der Waals surface area contributed by atoms with Crippen LogP contribution in [-0.2, 0) is 4.79 Å². The molecule has 1 aliphatic carbocycles. The second-order valence-electron chi connectivity index (χ2n) is 4.34. The summed E-state index contributed by atoms with van der Waals surface area (Å²) >= 11 is 0. The van der Waals surface area contributed by atoms with Gasteiger partial charge in [0.1, 0.15) is 6.04 Å². The average Bonchev–Trinajstić information content (AvgIpc) is 3.12. The summed E-state index contributed by atoms with van der Waals surface area (Å²) in [5.41, 5.74) is -0.209. The molecule has 2 rings (SSSR count). The number of pyridine rings is 1. The molecule has 1 aliphatic rings. The van der Waals surface area contributed by atoms with Gasteiger partial charge in [0, 0.05) is 12.3 Å². The van der Waals surface area contributed by atoms with E-state index in [4.69, 9.17) is 5.11 Å². The summed E-state index contributed by atoms with van der Waals surface area (Å²) in [4.78, 5) is 25.1. The second kappa shape index (κ2) is 4.99. The van der Waals surface area contributed by atoms with E-state index in [9.17, 15) is 14.9 Å². The normalized spacial score (nSPS) is 16.0. The minimum Gasteiger partial charge on any atom is -0.480 e. The maximum atomic E-state index is 11.1. The van der Waals surface area contributed by atoms with Gasteiger partial charge in [-0.25, -0.2) is 9.78 Å². The van der Waals surface area contributed by atoms with Gasteiger partial charge in [-0.1, -0.05) is 12.8 Å². The highest BCUT2D eigenvalue weighted by atomic mass is 16.6. The monoisotopic (exact) mass is 251 g/mol. The highest BCUT2D eigenvalue weighted by Gasteiger charge is 2.30. The first-order chi connectivity index (χ1) is 8.58. The SMILES string of the molecule is O=C(O)C(CC1CC1)Nc1ncccc1[N+](=O)[O-]. The van der Waals surface area contributed by atoms with Crippen LogP contribution < -0.4 is 5.32 Å². The standard InChI is InChI=1S/C11H13N3O4/c15-11(16)8(6-7-3-4-7)13-10-9(14(17)18)2-1-5-12-10/h1-2,5,7-8H,3-4,6H2,(H,12,13)(H,15,16). The molecule has 0 amide bonds. The van der Waals surface area contributed by atoms with Gasteiger partial charge >= 0.3 is 11.7 Å². The van der Waals surface area contributed by atoms with Crippen LogP contribution in [0.4, 0.5) is 11.5 Å². The minimum atomic E-state index is -1.01. The molecule has 2 N–H and O–H groups in total. The first-order valence-corrected chi connectivity index (χ1v) is 5.66. The summed E-state index contributed by atoms with van der Waals surface area (Å²) in [5.74, 6) is -0.598. The maximum Gasteiger partial charge on any atom is 0.326 e. The van der Waals surface area contributed by atoms with E-state index in [0.29, 0.717) is 12.3 Å². The predicted molar refractivity (Wildman–Crippen MR) is 63.3 cm³/mol. The zero-order valence-electron chi connectivity index (χ0n) is 9.57. The fourth-order valence-corrected chi connectivity index (χ4v) is 1.73. The van der Waals surface area contributed by atoms with E-state index in [1.807, 2.05) is 0 Å². The quantitative estimate of drug-likeness (QED) is 0.588. The Labute approximate surface area is 103 Å². The van der Waals surface area contributed by atoms with Crippen molar-refractivity contribution in [3.8, 4) is 0 Å². The van der Waals surface area contributed by atoms with Gasteiger partial charge in [0.15, 0.2) is 0 Å². The third kappa shape index (κ3) is 2.93. The first kappa shape index (κ1) is 12.3. The molecule has 1 aromatic rings. The highest BCUT2D eigenvalue weighted by molar-refractivity contribution is 5.78. The number of aromatic nitrogens is 1. The van der Waals surface area contributed by atoms with Crippen LogP contribution >= 0.6 is 0 Å². The third-order valence-corrected chi connectivity index (χ3v) is 2.86. The van der Waals surface area contributed by atoms with E-state index in [-0.39, 0.29) is 11.5 Å².